The number of nitrogens with two attached hydrogens (primary N) is 1. The number of rotatable bonds is 5. The van der Waals surface area contributed by atoms with Gasteiger partial charge < -0.3 is 5.73 Å². The molecule has 2 atom stereocenters. The fourth-order valence-corrected chi connectivity index (χ4v) is 3.32. The third-order valence-corrected chi connectivity index (χ3v) is 4.48. The minimum atomic E-state index is -0.612. The van der Waals surface area contributed by atoms with Gasteiger partial charge in [-0.05, 0) is 18.8 Å². The SMILES string of the molecule is CC(C)C(NC1CC(=O)N(C2CCCCC2)C1=O)C(N)=O. The van der Waals surface area contributed by atoms with Crippen LogP contribution >= 0.6 is 0 Å². The second-order valence-electron chi connectivity index (χ2n) is 6.44. The summed E-state index contributed by atoms with van der Waals surface area (Å²) in [7, 11) is 0. The minimum absolute atomic E-state index is 0.0193. The molecular formula is C15H25N3O3. The van der Waals surface area contributed by atoms with E-state index in [2.05, 4.69) is 5.32 Å². The maximum Gasteiger partial charge on any atom is 0.247 e. The second kappa shape index (κ2) is 6.56. The summed E-state index contributed by atoms with van der Waals surface area (Å²) in [6.07, 6.45) is 5.23. The monoisotopic (exact) mass is 295 g/mol. The zero-order chi connectivity index (χ0) is 15.6. The molecule has 0 bridgehead atoms. The molecule has 3 N–H and O–H groups in total. The summed E-state index contributed by atoms with van der Waals surface area (Å²) in [5, 5.41) is 2.98. The fourth-order valence-electron chi connectivity index (χ4n) is 3.32. The van der Waals surface area contributed by atoms with Gasteiger partial charge in [-0.15, -0.1) is 0 Å². The number of likely N-dealkylation sites (tertiary alicyclic amines) is 1. The molecule has 0 aromatic carbocycles. The number of nitrogens with zero attached hydrogens (tertiary/aromatic N) is 1. The van der Waals surface area contributed by atoms with Crippen LogP contribution in [0.25, 0.3) is 0 Å². The second-order valence-corrected chi connectivity index (χ2v) is 6.44. The summed E-state index contributed by atoms with van der Waals surface area (Å²) in [5.41, 5.74) is 5.36. The Morgan fingerprint density at radius 2 is 1.86 bits per heavy atom. The largest absolute Gasteiger partial charge is 0.368 e. The average molecular weight is 295 g/mol. The Balaban J connectivity index is 2.05. The average Bonchev–Trinajstić information content (AvgIpc) is 2.71. The highest BCUT2D eigenvalue weighted by Gasteiger charge is 2.43. The number of nitrogens with one attached hydrogen (secondary N) is 1. The quantitative estimate of drug-likeness (QED) is 0.724. The third-order valence-electron chi connectivity index (χ3n) is 4.48. The number of carbonyl (C=O) groups excluding carboxylic acids is 3. The Kier molecular flexibility index (Phi) is 4.98. The topological polar surface area (TPSA) is 92.5 Å². The standard InChI is InChI=1S/C15H25N3O3/c1-9(2)13(14(16)20)17-11-8-12(19)18(15(11)21)10-6-4-3-5-7-10/h9-11,13,17H,3-8H2,1-2H3,(H2,16,20). The van der Waals surface area contributed by atoms with Crippen LogP contribution in [-0.2, 0) is 14.4 Å². The first-order valence-electron chi connectivity index (χ1n) is 7.83. The summed E-state index contributed by atoms with van der Waals surface area (Å²) < 4.78 is 0. The highest BCUT2D eigenvalue weighted by atomic mass is 16.2. The molecule has 2 fully saturated rings. The van der Waals surface area contributed by atoms with Crippen LogP contribution in [0, 0.1) is 5.92 Å². The van der Waals surface area contributed by atoms with Crippen LogP contribution in [0.4, 0.5) is 0 Å². The molecule has 2 aliphatic rings. The Bertz CT molecular complexity index is 430. The number of imide groups is 1. The van der Waals surface area contributed by atoms with Gasteiger partial charge in [-0.2, -0.15) is 0 Å². The number of hydrogen-bond acceptors (Lipinski definition) is 4. The Morgan fingerprint density at radius 3 is 2.38 bits per heavy atom. The van der Waals surface area contributed by atoms with Crippen LogP contribution in [0.15, 0.2) is 0 Å². The van der Waals surface area contributed by atoms with Crippen molar-refractivity contribution in [2.45, 2.75) is 70.5 Å². The van der Waals surface area contributed by atoms with E-state index in [1.54, 1.807) is 0 Å². The van der Waals surface area contributed by atoms with Gasteiger partial charge in [0.1, 0.15) is 0 Å². The molecule has 1 heterocycles. The van der Waals surface area contributed by atoms with Gasteiger partial charge in [-0.1, -0.05) is 33.1 Å². The molecule has 2 unspecified atom stereocenters. The summed E-state index contributed by atoms with van der Waals surface area (Å²) in [5.74, 6) is -0.828. The first kappa shape index (κ1) is 15.9. The maximum absolute atomic E-state index is 12.5. The highest BCUT2D eigenvalue weighted by molar-refractivity contribution is 6.06. The first-order chi connectivity index (χ1) is 9.91. The van der Waals surface area contributed by atoms with E-state index in [0.717, 1.165) is 25.7 Å². The fraction of sp³-hybridized carbons (Fsp3) is 0.800. The first-order valence-corrected chi connectivity index (χ1v) is 7.83. The molecule has 0 radical (unpaired) electrons. The molecule has 6 nitrogen and oxygen atoms in total. The zero-order valence-electron chi connectivity index (χ0n) is 12.8. The Hall–Kier alpha value is -1.43. The van der Waals surface area contributed by atoms with E-state index in [0.29, 0.717) is 0 Å². The molecule has 1 aliphatic heterocycles. The van der Waals surface area contributed by atoms with Crippen molar-refractivity contribution in [1.29, 1.82) is 0 Å². The summed E-state index contributed by atoms with van der Waals surface area (Å²) in [4.78, 5) is 37.5. The number of primary amides is 1. The van der Waals surface area contributed by atoms with E-state index >= 15 is 0 Å². The van der Waals surface area contributed by atoms with Crippen molar-refractivity contribution in [3.8, 4) is 0 Å². The van der Waals surface area contributed by atoms with Gasteiger partial charge in [0.05, 0.1) is 18.5 Å². The Morgan fingerprint density at radius 1 is 1.24 bits per heavy atom. The molecule has 1 aliphatic carbocycles. The van der Waals surface area contributed by atoms with Gasteiger partial charge in [-0.25, -0.2) is 0 Å². The Labute approximate surface area is 125 Å². The predicted octanol–water partition coefficient (Wildman–Crippen LogP) is 0.546. The van der Waals surface area contributed by atoms with Crippen molar-refractivity contribution in [3.63, 3.8) is 0 Å². The van der Waals surface area contributed by atoms with E-state index in [1.165, 1.54) is 11.3 Å². The van der Waals surface area contributed by atoms with Crippen molar-refractivity contribution < 1.29 is 14.4 Å². The molecule has 0 spiro atoms. The van der Waals surface area contributed by atoms with E-state index in [1.807, 2.05) is 13.8 Å². The van der Waals surface area contributed by atoms with Crippen molar-refractivity contribution in [3.05, 3.63) is 0 Å². The van der Waals surface area contributed by atoms with E-state index in [4.69, 9.17) is 5.73 Å². The molecule has 118 valence electrons. The lowest BCUT2D eigenvalue weighted by atomic mass is 9.94. The molecule has 6 heteroatoms. The van der Waals surface area contributed by atoms with Gasteiger partial charge in [0.15, 0.2) is 0 Å². The molecule has 0 aromatic rings. The van der Waals surface area contributed by atoms with E-state index in [-0.39, 0.29) is 30.2 Å². The van der Waals surface area contributed by atoms with Crippen LogP contribution in [0.5, 0.6) is 0 Å². The van der Waals surface area contributed by atoms with Crippen LogP contribution in [0.3, 0.4) is 0 Å². The van der Waals surface area contributed by atoms with Gasteiger partial charge in [0, 0.05) is 6.04 Å². The molecule has 2 rings (SSSR count). The van der Waals surface area contributed by atoms with Gasteiger partial charge in [-0.3, -0.25) is 24.6 Å². The lowest BCUT2D eigenvalue weighted by molar-refractivity contribution is -0.142. The molecule has 0 aromatic heterocycles. The highest BCUT2D eigenvalue weighted by Crippen LogP contribution is 2.27. The van der Waals surface area contributed by atoms with Crippen LogP contribution < -0.4 is 11.1 Å². The maximum atomic E-state index is 12.5. The lowest BCUT2D eigenvalue weighted by Gasteiger charge is -2.30. The van der Waals surface area contributed by atoms with Crippen LogP contribution in [0.1, 0.15) is 52.4 Å². The van der Waals surface area contributed by atoms with Crippen molar-refractivity contribution >= 4 is 17.7 Å². The van der Waals surface area contributed by atoms with E-state index in [9.17, 15) is 14.4 Å². The van der Waals surface area contributed by atoms with E-state index < -0.39 is 18.0 Å². The molecule has 3 amide bonds. The summed E-state index contributed by atoms with van der Waals surface area (Å²) in [6, 6.07) is -1.16. The van der Waals surface area contributed by atoms with Gasteiger partial charge in [0.2, 0.25) is 17.7 Å². The molecular weight excluding hydrogens is 270 g/mol. The normalized spacial score (nSPS) is 25.7. The number of carbonyl (C=O) groups is 3. The van der Waals surface area contributed by atoms with Crippen molar-refractivity contribution in [1.82, 2.24) is 10.2 Å². The minimum Gasteiger partial charge on any atom is -0.368 e. The summed E-state index contributed by atoms with van der Waals surface area (Å²) >= 11 is 0. The smallest absolute Gasteiger partial charge is 0.247 e. The molecule has 21 heavy (non-hydrogen) atoms. The van der Waals surface area contributed by atoms with Crippen molar-refractivity contribution in [2.75, 3.05) is 0 Å². The zero-order valence-corrected chi connectivity index (χ0v) is 12.8. The molecule has 1 saturated carbocycles. The summed E-state index contributed by atoms with van der Waals surface area (Å²) in [6.45, 7) is 3.73. The van der Waals surface area contributed by atoms with Gasteiger partial charge in [0.25, 0.3) is 0 Å². The number of amides is 3. The van der Waals surface area contributed by atoms with Crippen LogP contribution in [0.2, 0.25) is 0 Å². The third kappa shape index (κ3) is 3.43. The van der Waals surface area contributed by atoms with Gasteiger partial charge >= 0.3 is 0 Å². The van der Waals surface area contributed by atoms with Crippen molar-refractivity contribution in [2.24, 2.45) is 11.7 Å². The molecule has 1 saturated heterocycles. The lowest BCUT2D eigenvalue weighted by Crippen LogP contribution is -2.52. The van der Waals surface area contributed by atoms with Crippen LogP contribution in [-0.4, -0.2) is 40.7 Å². The number of hydrogen-bond donors (Lipinski definition) is 2. The predicted molar refractivity (Wildman–Crippen MR) is 78.1 cm³/mol.